The topological polar surface area (TPSA) is 92.7 Å². The summed E-state index contributed by atoms with van der Waals surface area (Å²) in [4.78, 5) is 18.0. The van der Waals surface area contributed by atoms with Crippen LogP contribution in [0.4, 0.5) is 0 Å². The third kappa shape index (κ3) is 4.88. The van der Waals surface area contributed by atoms with Crippen LogP contribution < -0.4 is 5.43 Å². The van der Waals surface area contributed by atoms with Gasteiger partial charge in [0, 0.05) is 34.9 Å². The number of carbonyl (C=O) groups is 1. The molecule has 2 aromatic heterocycles. The Morgan fingerprint density at radius 2 is 1.85 bits per heavy atom. The quantitative estimate of drug-likeness (QED) is 0.195. The Bertz CT molecular complexity index is 1740. The highest BCUT2D eigenvalue weighted by atomic mass is 16.3. The predicted molar refractivity (Wildman–Crippen MR) is 158 cm³/mol. The van der Waals surface area contributed by atoms with E-state index in [-0.39, 0.29) is 23.6 Å². The smallest absolute Gasteiger partial charge is 0.260 e. The van der Waals surface area contributed by atoms with Gasteiger partial charge in [0.15, 0.2) is 0 Å². The van der Waals surface area contributed by atoms with E-state index in [0.717, 1.165) is 76.0 Å². The highest BCUT2D eigenvalue weighted by Crippen LogP contribution is 2.42. The standard InChI is InChI=1S/C33H34N4O3/c1-33(2,3)24-18-28-31(22-13-7-10-16-27(22)40-28)23(32(24)39)19-34-36-30(38)20-37-26-15-9-8-14-25(26)35-29(37)17-21-11-5-4-6-12-21/h4-6,8-9,11-12,14-15,18-19,39H,7,10,13,16-17,20H2,1-3H3,(H,36,38). The first-order chi connectivity index (χ1) is 19.3. The van der Waals surface area contributed by atoms with Gasteiger partial charge in [-0.1, -0.05) is 63.2 Å². The zero-order valence-corrected chi connectivity index (χ0v) is 23.2. The molecule has 0 saturated carbocycles. The molecule has 2 N–H and O–H groups in total. The molecule has 0 saturated heterocycles. The number of nitrogens with zero attached hydrogens (tertiary/aromatic N) is 3. The van der Waals surface area contributed by atoms with Crippen LogP contribution in [0.2, 0.25) is 0 Å². The highest BCUT2D eigenvalue weighted by Gasteiger charge is 2.27. The van der Waals surface area contributed by atoms with Crippen molar-refractivity contribution in [1.29, 1.82) is 0 Å². The lowest BCUT2D eigenvalue weighted by Crippen LogP contribution is -2.24. The summed E-state index contributed by atoms with van der Waals surface area (Å²) in [5.41, 5.74) is 8.54. The third-order valence-corrected chi connectivity index (χ3v) is 7.68. The molecule has 0 atom stereocenters. The van der Waals surface area contributed by atoms with Crippen molar-refractivity contribution >= 4 is 34.1 Å². The normalized spacial score (nSPS) is 13.8. The number of hydrogen-bond donors (Lipinski definition) is 2. The molecule has 0 bridgehead atoms. The van der Waals surface area contributed by atoms with Crippen molar-refractivity contribution < 1.29 is 14.3 Å². The minimum Gasteiger partial charge on any atom is -0.507 e. The third-order valence-electron chi connectivity index (χ3n) is 7.68. The minimum absolute atomic E-state index is 0.0740. The molecule has 7 heteroatoms. The molecule has 1 aliphatic rings. The van der Waals surface area contributed by atoms with Crippen LogP contribution in [0.25, 0.3) is 22.0 Å². The number of aromatic hydroxyl groups is 1. The number of amides is 1. The number of rotatable bonds is 6. The maximum atomic E-state index is 13.2. The first kappa shape index (κ1) is 25.9. The second-order valence-electron chi connectivity index (χ2n) is 11.6. The number of hydrogen-bond acceptors (Lipinski definition) is 5. The zero-order chi connectivity index (χ0) is 27.9. The number of aromatic nitrogens is 2. The highest BCUT2D eigenvalue weighted by molar-refractivity contribution is 6.04. The average molecular weight is 535 g/mol. The number of benzene rings is 3. The number of imidazole rings is 1. The Kier molecular flexibility index (Phi) is 6.66. The molecule has 1 amide bonds. The molecule has 0 fully saturated rings. The van der Waals surface area contributed by atoms with Gasteiger partial charge in [-0.15, -0.1) is 0 Å². The molecule has 204 valence electrons. The summed E-state index contributed by atoms with van der Waals surface area (Å²) in [6.07, 6.45) is 6.16. The van der Waals surface area contributed by atoms with Crippen molar-refractivity contribution in [2.45, 2.75) is 64.8 Å². The van der Waals surface area contributed by atoms with Crippen LogP contribution in [-0.2, 0) is 36.0 Å². The number of para-hydroxylation sites is 2. The molecule has 0 spiro atoms. The lowest BCUT2D eigenvalue weighted by Gasteiger charge is -2.21. The maximum Gasteiger partial charge on any atom is 0.260 e. The fourth-order valence-electron chi connectivity index (χ4n) is 5.71. The van der Waals surface area contributed by atoms with Gasteiger partial charge in [-0.25, -0.2) is 10.4 Å². The van der Waals surface area contributed by atoms with Crippen molar-refractivity contribution in [3.63, 3.8) is 0 Å². The summed E-state index contributed by atoms with van der Waals surface area (Å²) >= 11 is 0. The van der Waals surface area contributed by atoms with E-state index in [1.807, 2.05) is 53.1 Å². The maximum absolute atomic E-state index is 13.2. The van der Waals surface area contributed by atoms with Gasteiger partial charge in [0.2, 0.25) is 0 Å². The molecule has 6 rings (SSSR count). The van der Waals surface area contributed by atoms with Crippen LogP contribution in [0.1, 0.15) is 67.5 Å². The molecule has 2 heterocycles. The van der Waals surface area contributed by atoms with E-state index in [0.29, 0.717) is 12.0 Å². The van der Waals surface area contributed by atoms with Gasteiger partial charge in [0.05, 0.1) is 17.2 Å². The monoisotopic (exact) mass is 534 g/mol. The second-order valence-corrected chi connectivity index (χ2v) is 11.6. The van der Waals surface area contributed by atoms with Crippen LogP contribution in [0.3, 0.4) is 0 Å². The lowest BCUT2D eigenvalue weighted by molar-refractivity contribution is -0.121. The van der Waals surface area contributed by atoms with Crippen LogP contribution in [0, 0.1) is 0 Å². The molecule has 40 heavy (non-hydrogen) atoms. The Labute approximate surface area is 233 Å². The fourth-order valence-corrected chi connectivity index (χ4v) is 5.71. The van der Waals surface area contributed by atoms with Crippen molar-refractivity contribution in [2.75, 3.05) is 0 Å². The molecular weight excluding hydrogens is 500 g/mol. The second kappa shape index (κ2) is 10.3. The number of phenols is 1. The molecule has 0 aliphatic heterocycles. The van der Waals surface area contributed by atoms with E-state index < -0.39 is 0 Å². The number of phenolic OH excluding ortho intramolecular Hbond substituents is 1. The van der Waals surface area contributed by atoms with E-state index in [1.165, 1.54) is 0 Å². The van der Waals surface area contributed by atoms with Crippen molar-refractivity contribution in [3.8, 4) is 5.75 Å². The predicted octanol–water partition coefficient (Wildman–Crippen LogP) is 6.41. The van der Waals surface area contributed by atoms with Gasteiger partial charge in [-0.05, 0) is 48.4 Å². The number of aryl methyl sites for hydroxylation is 2. The lowest BCUT2D eigenvalue weighted by atomic mass is 9.83. The molecule has 3 aromatic carbocycles. The number of furan rings is 1. The number of fused-ring (bicyclic) bond motifs is 4. The van der Waals surface area contributed by atoms with E-state index in [9.17, 15) is 9.90 Å². The Hall–Kier alpha value is -4.39. The summed E-state index contributed by atoms with van der Waals surface area (Å²) in [5.74, 6) is 1.71. The SMILES string of the molecule is CC(C)(C)c1cc2oc3c(c2c(C=NNC(=O)Cn2c(Cc4ccccc4)nc4ccccc42)c1O)CCCC3. The molecule has 0 unspecified atom stereocenters. The largest absolute Gasteiger partial charge is 0.507 e. The molecule has 7 nitrogen and oxygen atoms in total. The van der Waals surface area contributed by atoms with Gasteiger partial charge < -0.3 is 14.1 Å². The summed E-state index contributed by atoms with van der Waals surface area (Å²) in [5, 5.41) is 16.6. The van der Waals surface area contributed by atoms with Crippen LogP contribution in [-0.4, -0.2) is 26.8 Å². The Morgan fingerprint density at radius 1 is 1.10 bits per heavy atom. The van der Waals surface area contributed by atoms with Crippen molar-refractivity contribution in [1.82, 2.24) is 15.0 Å². The summed E-state index contributed by atoms with van der Waals surface area (Å²) in [6.45, 7) is 6.25. The number of nitrogens with one attached hydrogen (secondary N) is 1. The number of carbonyl (C=O) groups excluding carboxylic acids is 1. The van der Waals surface area contributed by atoms with Crippen LogP contribution in [0.5, 0.6) is 5.75 Å². The first-order valence-corrected chi connectivity index (χ1v) is 13.9. The van der Waals surface area contributed by atoms with E-state index in [4.69, 9.17) is 9.40 Å². The summed E-state index contributed by atoms with van der Waals surface area (Å²) < 4.78 is 8.19. The van der Waals surface area contributed by atoms with Gasteiger partial charge in [-0.2, -0.15) is 5.10 Å². The Morgan fingerprint density at radius 3 is 2.65 bits per heavy atom. The van der Waals surface area contributed by atoms with E-state index in [2.05, 4.69) is 43.4 Å². The fraction of sp³-hybridized carbons (Fsp3) is 0.303. The molecular formula is C33H34N4O3. The summed E-state index contributed by atoms with van der Waals surface area (Å²) in [6, 6.07) is 19.9. The number of hydrazone groups is 1. The van der Waals surface area contributed by atoms with Crippen molar-refractivity contribution in [3.05, 3.63) is 94.5 Å². The van der Waals surface area contributed by atoms with Gasteiger partial charge in [-0.3, -0.25) is 4.79 Å². The first-order valence-electron chi connectivity index (χ1n) is 13.9. The molecule has 1 aliphatic carbocycles. The zero-order valence-electron chi connectivity index (χ0n) is 23.2. The molecule has 0 radical (unpaired) electrons. The van der Waals surface area contributed by atoms with Gasteiger partial charge in [0.25, 0.3) is 5.91 Å². The summed E-state index contributed by atoms with van der Waals surface area (Å²) in [7, 11) is 0. The van der Waals surface area contributed by atoms with Gasteiger partial charge in [0.1, 0.15) is 29.5 Å². The van der Waals surface area contributed by atoms with Crippen LogP contribution in [0.15, 0.2) is 70.2 Å². The Balaban J connectivity index is 1.30. The minimum atomic E-state index is -0.297. The van der Waals surface area contributed by atoms with Crippen LogP contribution >= 0.6 is 0 Å². The average Bonchev–Trinajstić information content (AvgIpc) is 3.47. The van der Waals surface area contributed by atoms with Gasteiger partial charge >= 0.3 is 0 Å². The molecule has 5 aromatic rings. The van der Waals surface area contributed by atoms with E-state index >= 15 is 0 Å². The van der Waals surface area contributed by atoms with Crippen molar-refractivity contribution in [2.24, 2.45) is 5.10 Å². The van der Waals surface area contributed by atoms with E-state index in [1.54, 1.807) is 6.21 Å².